The molecule has 3 heteroatoms. The van der Waals surface area contributed by atoms with E-state index in [2.05, 4.69) is 37.9 Å². The van der Waals surface area contributed by atoms with E-state index in [-0.39, 0.29) is 6.61 Å². The van der Waals surface area contributed by atoms with E-state index in [4.69, 9.17) is 0 Å². The standard InChI is InChI=1S/C16H34N2O/c1-14(2)17-12-16(8-6-5-7-9-16)13-18(10-11-19)15(3)4/h14-15,17,19H,5-13H2,1-4H3. The molecule has 0 aromatic heterocycles. The summed E-state index contributed by atoms with van der Waals surface area (Å²) >= 11 is 0. The summed E-state index contributed by atoms with van der Waals surface area (Å²) in [5.41, 5.74) is 0.419. The van der Waals surface area contributed by atoms with E-state index in [1.54, 1.807) is 0 Å². The lowest BCUT2D eigenvalue weighted by molar-refractivity contribution is 0.0688. The molecule has 0 aromatic carbocycles. The maximum absolute atomic E-state index is 9.26. The van der Waals surface area contributed by atoms with E-state index in [1.807, 2.05) is 0 Å². The first-order chi connectivity index (χ1) is 8.99. The molecule has 0 atom stereocenters. The quantitative estimate of drug-likeness (QED) is 0.712. The molecule has 0 aliphatic heterocycles. The van der Waals surface area contributed by atoms with Crippen LogP contribution in [0.1, 0.15) is 59.8 Å². The van der Waals surface area contributed by atoms with Gasteiger partial charge in [-0.05, 0) is 32.1 Å². The molecule has 1 fully saturated rings. The van der Waals surface area contributed by atoms with Gasteiger partial charge >= 0.3 is 0 Å². The molecule has 0 amide bonds. The van der Waals surface area contributed by atoms with Crippen molar-refractivity contribution in [2.24, 2.45) is 5.41 Å². The molecule has 0 radical (unpaired) electrons. The van der Waals surface area contributed by atoms with Crippen molar-refractivity contribution in [1.82, 2.24) is 10.2 Å². The predicted molar refractivity (Wildman–Crippen MR) is 82.5 cm³/mol. The molecule has 1 rings (SSSR count). The van der Waals surface area contributed by atoms with Crippen LogP contribution in [0.15, 0.2) is 0 Å². The molecule has 0 unspecified atom stereocenters. The molecule has 2 N–H and O–H groups in total. The highest BCUT2D eigenvalue weighted by Gasteiger charge is 2.34. The fraction of sp³-hybridized carbons (Fsp3) is 1.00. The lowest BCUT2D eigenvalue weighted by Gasteiger charge is -2.43. The Bertz CT molecular complexity index is 235. The van der Waals surface area contributed by atoms with Crippen LogP contribution in [0.5, 0.6) is 0 Å². The van der Waals surface area contributed by atoms with Crippen LogP contribution in [0.4, 0.5) is 0 Å². The second-order valence-electron chi connectivity index (χ2n) is 6.88. The lowest BCUT2D eigenvalue weighted by Crippen LogP contribution is -2.49. The van der Waals surface area contributed by atoms with Gasteiger partial charge in [0, 0.05) is 31.7 Å². The van der Waals surface area contributed by atoms with E-state index < -0.39 is 0 Å². The van der Waals surface area contributed by atoms with Gasteiger partial charge in [0.05, 0.1) is 6.61 Å². The summed E-state index contributed by atoms with van der Waals surface area (Å²) in [5, 5.41) is 12.9. The van der Waals surface area contributed by atoms with E-state index >= 15 is 0 Å². The summed E-state index contributed by atoms with van der Waals surface area (Å²) in [5.74, 6) is 0. The normalized spacial score (nSPS) is 19.6. The zero-order valence-corrected chi connectivity index (χ0v) is 13.4. The Labute approximate surface area is 119 Å². The molecule has 1 aliphatic rings. The Morgan fingerprint density at radius 1 is 1.11 bits per heavy atom. The van der Waals surface area contributed by atoms with Gasteiger partial charge in [0.15, 0.2) is 0 Å². The summed E-state index contributed by atoms with van der Waals surface area (Å²) in [6.07, 6.45) is 6.80. The number of nitrogens with zero attached hydrogens (tertiary/aromatic N) is 1. The van der Waals surface area contributed by atoms with Crippen LogP contribution < -0.4 is 5.32 Å². The molecule has 19 heavy (non-hydrogen) atoms. The zero-order valence-electron chi connectivity index (χ0n) is 13.4. The molecule has 0 spiro atoms. The average Bonchev–Trinajstić information content (AvgIpc) is 2.37. The molecule has 0 heterocycles. The van der Waals surface area contributed by atoms with Crippen LogP contribution in [-0.4, -0.2) is 48.3 Å². The average molecular weight is 270 g/mol. The third-order valence-electron chi connectivity index (χ3n) is 4.46. The van der Waals surface area contributed by atoms with Crippen molar-refractivity contribution >= 4 is 0 Å². The zero-order chi connectivity index (χ0) is 14.3. The minimum absolute atomic E-state index is 0.270. The van der Waals surface area contributed by atoms with Crippen LogP contribution in [0.3, 0.4) is 0 Å². The van der Waals surface area contributed by atoms with Gasteiger partial charge in [0.2, 0.25) is 0 Å². The van der Waals surface area contributed by atoms with Crippen molar-refractivity contribution in [1.29, 1.82) is 0 Å². The number of hydrogen-bond acceptors (Lipinski definition) is 3. The Kier molecular flexibility index (Phi) is 7.33. The summed E-state index contributed by atoms with van der Waals surface area (Å²) in [6.45, 7) is 12.3. The van der Waals surface area contributed by atoms with Crippen molar-refractivity contribution in [2.45, 2.75) is 71.9 Å². The number of nitrogens with one attached hydrogen (secondary N) is 1. The Morgan fingerprint density at radius 3 is 2.21 bits per heavy atom. The SMILES string of the molecule is CC(C)NCC1(CN(CCO)C(C)C)CCCCC1. The topological polar surface area (TPSA) is 35.5 Å². The molecule has 3 nitrogen and oxygen atoms in total. The monoisotopic (exact) mass is 270 g/mol. The maximum atomic E-state index is 9.26. The highest BCUT2D eigenvalue weighted by atomic mass is 16.3. The molecule has 1 aliphatic carbocycles. The van der Waals surface area contributed by atoms with Crippen LogP contribution in [0, 0.1) is 5.41 Å². The van der Waals surface area contributed by atoms with Gasteiger partial charge in [0.25, 0.3) is 0 Å². The summed E-state index contributed by atoms with van der Waals surface area (Å²) in [7, 11) is 0. The third kappa shape index (κ3) is 5.80. The molecule has 1 saturated carbocycles. The van der Waals surface area contributed by atoms with Gasteiger partial charge in [-0.2, -0.15) is 0 Å². The molecule has 0 saturated heterocycles. The van der Waals surface area contributed by atoms with Crippen LogP contribution in [-0.2, 0) is 0 Å². The molecule has 114 valence electrons. The second kappa shape index (κ2) is 8.23. The van der Waals surface area contributed by atoms with Crippen LogP contribution in [0.25, 0.3) is 0 Å². The van der Waals surface area contributed by atoms with Gasteiger partial charge in [0.1, 0.15) is 0 Å². The largest absolute Gasteiger partial charge is 0.395 e. The van der Waals surface area contributed by atoms with Crippen molar-refractivity contribution in [3.8, 4) is 0 Å². The highest BCUT2D eigenvalue weighted by Crippen LogP contribution is 2.37. The third-order valence-corrected chi connectivity index (χ3v) is 4.46. The van der Waals surface area contributed by atoms with Crippen LogP contribution >= 0.6 is 0 Å². The van der Waals surface area contributed by atoms with Crippen molar-refractivity contribution in [2.75, 3.05) is 26.2 Å². The van der Waals surface area contributed by atoms with E-state index in [9.17, 15) is 5.11 Å². The molecule has 0 bridgehead atoms. The Morgan fingerprint density at radius 2 is 1.74 bits per heavy atom. The Hall–Kier alpha value is -0.120. The predicted octanol–water partition coefficient (Wildman–Crippen LogP) is 2.64. The fourth-order valence-corrected chi connectivity index (χ4v) is 3.19. The van der Waals surface area contributed by atoms with E-state index in [0.717, 1.165) is 19.6 Å². The lowest BCUT2D eigenvalue weighted by atomic mass is 9.73. The van der Waals surface area contributed by atoms with Gasteiger partial charge in [-0.15, -0.1) is 0 Å². The molecular weight excluding hydrogens is 236 g/mol. The van der Waals surface area contributed by atoms with E-state index in [1.165, 1.54) is 32.1 Å². The van der Waals surface area contributed by atoms with Crippen molar-refractivity contribution < 1.29 is 5.11 Å². The number of rotatable bonds is 8. The first-order valence-electron chi connectivity index (χ1n) is 8.07. The number of aliphatic hydroxyl groups excluding tert-OH is 1. The molecule has 0 aromatic rings. The highest BCUT2D eigenvalue weighted by molar-refractivity contribution is 4.89. The maximum Gasteiger partial charge on any atom is 0.0558 e. The smallest absolute Gasteiger partial charge is 0.0558 e. The van der Waals surface area contributed by atoms with Crippen molar-refractivity contribution in [3.05, 3.63) is 0 Å². The summed E-state index contributed by atoms with van der Waals surface area (Å²) in [6, 6.07) is 1.08. The number of aliphatic hydroxyl groups is 1. The van der Waals surface area contributed by atoms with Crippen LogP contribution in [0.2, 0.25) is 0 Å². The van der Waals surface area contributed by atoms with Gasteiger partial charge < -0.3 is 10.4 Å². The first kappa shape index (κ1) is 16.9. The fourth-order valence-electron chi connectivity index (χ4n) is 3.19. The van der Waals surface area contributed by atoms with Gasteiger partial charge in [-0.1, -0.05) is 33.1 Å². The minimum atomic E-state index is 0.270. The minimum Gasteiger partial charge on any atom is -0.395 e. The number of hydrogen-bond donors (Lipinski definition) is 2. The Balaban J connectivity index is 2.65. The van der Waals surface area contributed by atoms with Crippen molar-refractivity contribution in [3.63, 3.8) is 0 Å². The van der Waals surface area contributed by atoms with Gasteiger partial charge in [-0.25, -0.2) is 0 Å². The first-order valence-corrected chi connectivity index (χ1v) is 8.07. The van der Waals surface area contributed by atoms with Gasteiger partial charge in [-0.3, -0.25) is 4.90 Å². The summed E-state index contributed by atoms with van der Waals surface area (Å²) < 4.78 is 0. The summed E-state index contributed by atoms with van der Waals surface area (Å²) in [4.78, 5) is 2.45. The second-order valence-corrected chi connectivity index (χ2v) is 6.88. The van der Waals surface area contributed by atoms with E-state index in [0.29, 0.717) is 17.5 Å². The molecular formula is C16H34N2O.